The van der Waals surface area contributed by atoms with Gasteiger partial charge in [0.25, 0.3) is 5.91 Å². The number of nitrogen functional groups attached to an aromatic ring is 1. The van der Waals surface area contributed by atoms with Crippen LogP contribution in [0.3, 0.4) is 0 Å². The SMILES string of the molecule is Nc1cc(Cl)c(Cl)c(C(=O)NCCNC(=O)C2CC2)c1. The van der Waals surface area contributed by atoms with E-state index in [0.717, 1.165) is 12.8 Å². The molecule has 0 aromatic heterocycles. The van der Waals surface area contributed by atoms with Gasteiger partial charge < -0.3 is 16.4 Å². The lowest BCUT2D eigenvalue weighted by Gasteiger charge is -2.09. The number of nitrogens with one attached hydrogen (secondary N) is 2. The van der Waals surface area contributed by atoms with Crippen molar-refractivity contribution in [3.63, 3.8) is 0 Å². The number of nitrogens with two attached hydrogens (primary N) is 1. The number of benzene rings is 1. The van der Waals surface area contributed by atoms with E-state index < -0.39 is 0 Å². The minimum Gasteiger partial charge on any atom is -0.399 e. The van der Waals surface area contributed by atoms with Crippen LogP contribution in [-0.2, 0) is 4.79 Å². The lowest BCUT2D eigenvalue weighted by molar-refractivity contribution is -0.122. The molecule has 1 fully saturated rings. The van der Waals surface area contributed by atoms with Crippen molar-refractivity contribution in [2.24, 2.45) is 5.92 Å². The molecule has 108 valence electrons. The average molecular weight is 316 g/mol. The Kier molecular flexibility index (Phi) is 4.73. The predicted octanol–water partition coefficient (Wildman–Crippen LogP) is 1.83. The van der Waals surface area contributed by atoms with Crippen LogP contribution in [0.15, 0.2) is 12.1 Å². The summed E-state index contributed by atoms with van der Waals surface area (Å²) in [5.41, 5.74) is 6.22. The fraction of sp³-hybridized carbons (Fsp3) is 0.385. The Bertz CT molecular complexity index is 545. The highest BCUT2D eigenvalue weighted by atomic mass is 35.5. The molecule has 0 saturated heterocycles. The van der Waals surface area contributed by atoms with Crippen LogP contribution < -0.4 is 16.4 Å². The molecule has 1 aliphatic carbocycles. The number of anilines is 1. The Labute approximate surface area is 126 Å². The van der Waals surface area contributed by atoms with Crippen molar-refractivity contribution in [3.8, 4) is 0 Å². The molecule has 1 aromatic rings. The Morgan fingerprint density at radius 1 is 1.20 bits per heavy atom. The van der Waals surface area contributed by atoms with Gasteiger partial charge in [0.15, 0.2) is 0 Å². The molecule has 2 amide bonds. The molecule has 1 saturated carbocycles. The topological polar surface area (TPSA) is 84.2 Å². The van der Waals surface area contributed by atoms with Gasteiger partial charge >= 0.3 is 0 Å². The number of rotatable bonds is 5. The lowest BCUT2D eigenvalue weighted by atomic mass is 10.2. The van der Waals surface area contributed by atoms with Crippen molar-refractivity contribution in [3.05, 3.63) is 27.7 Å². The van der Waals surface area contributed by atoms with Gasteiger partial charge in [0, 0.05) is 24.7 Å². The second-order valence-electron chi connectivity index (χ2n) is 4.69. The third-order valence-corrected chi connectivity index (χ3v) is 3.76. The summed E-state index contributed by atoms with van der Waals surface area (Å²) in [6.07, 6.45) is 1.91. The second kappa shape index (κ2) is 6.33. The molecular weight excluding hydrogens is 301 g/mol. The summed E-state index contributed by atoms with van der Waals surface area (Å²) in [5, 5.41) is 5.81. The van der Waals surface area contributed by atoms with Gasteiger partial charge in [0.2, 0.25) is 5.91 Å². The highest BCUT2D eigenvalue weighted by molar-refractivity contribution is 6.44. The lowest BCUT2D eigenvalue weighted by Crippen LogP contribution is -2.35. The van der Waals surface area contributed by atoms with Crippen LogP contribution in [0.5, 0.6) is 0 Å². The molecule has 1 aromatic carbocycles. The van der Waals surface area contributed by atoms with Gasteiger partial charge in [-0.3, -0.25) is 9.59 Å². The fourth-order valence-corrected chi connectivity index (χ4v) is 2.14. The molecule has 5 nitrogen and oxygen atoms in total. The van der Waals surface area contributed by atoms with Crippen molar-refractivity contribution in [2.75, 3.05) is 18.8 Å². The first-order valence-electron chi connectivity index (χ1n) is 6.29. The molecule has 7 heteroatoms. The Hall–Kier alpha value is -1.46. The Morgan fingerprint density at radius 3 is 2.50 bits per heavy atom. The number of hydrogen-bond donors (Lipinski definition) is 3. The molecular formula is C13H15Cl2N3O2. The van der Waals surface area contributed by atoms with Gasteiger partial charge in [-0.2, -0.15) is 0 Å². The highest BCUT2D eigenvalue weighted by Crippen LogP contribution is 2.29. The summed E-state index contributed by atoms with van der Waals surface area (Å²) in [5.74, 6) is -0.165. The predicted molar refractivity (Wildman–Crippen MR) is 78.9 cm³/mol. The molecule has 0 unspecified atom stereocenters. The van der Waals surface area contributed by atoms with Crippen molar-refractivity contribution in [1.82, 2.24) is 10.6 Å². The zero-order valence-corrected chi connectivity index (χ0v) is 12.2. The van der Waals surface area contributed by atoms with Gasteiger partial charge in [0.1, 0.15) is 0 Å². The van der Waals surface area contributed by atoms with E-state index >= 15 is 0 Å². The maximum absolute atomic E-state index is 11.9. The molecule has 0 heterocycles. The molecule has 0 bridgehead atoms. The number of carbonyl (C=O) groups excluding carboxylic acids is 2. The van der Waals surface area contributed by atoms with Crippen LogP contribution >= 0.6 is 23.2 Å². The molecule has 0 spiro atoms. The minimum absolute atomic E-state index is 0.0456. The molecule has 0 atom stereocenters. The molecule has 0 aliphatic heterocycles. The molecule has 20 heavy (non-hydrogen) atoms. The normalized spacial score (nSPS) is 13.9. The first kappa shape index (κ1) is 14.9. The summed E-state index contributed by atoms with van der Waals surface area (Å²) in [6, 6.07) is 2.95. The Morgan fingerprint density at radius 2 is 1.85 bits per heavy atom. The Balaban J connectivity index is 1.83. The smallest absolute Gasteiger partial charge is 0.252 e. The van der Waals surface area contributed by atoms with Crippen LogP contribution in [-0.4, -0.2) is 24.9 Å². The standard InChI is InChI=1S/C13H15Cl2N3O2/c14-10-6-8(16)5-9(11(10)15)13(20)18-4-3-17-12(19)7-1-2-7/h5-7H,1-4,16H2,(H,17,19)(H,18,20). The van der Waals surface area contributed by atoms with Gasteiger partial charge in [-0.15, -0.1) is 0 Å². The van der Waals surface area contributed by atoms with E-state index in [0.29, 0.717) is 18.8 Å². The third-order valence-electron chi connectivity index (χ3n) is 2.95. The van der Waals surface area contributed by atoms with E-state index in [2.05, 4.69) is 10.6 Å². The van der Waals surface area contributed by atoms with Crippen molar-refractivity contribution >= 4 is 40.7 Å². The minimum atomic E-state index is -0.370. The van der Waals surface area contributed by atoms with E-state index in [4.69, 9.17) is 28.9 Å². The van der Waals surface area contributed by atoms with Gasteiger partial charge in [-0.1, -0.05) is 23.2 Å². The molecule has 4 N–H and O–H groups in total. The van der Waals surface area contributed by atoms with Gasteiger partial charge in [0.05, 0.1) is 15.6 Å². The summed E-state index contributed by atoms with van der Waals surface area (Å²) < 4.78 is 0. The van der Waals surface area contributed by atoms with Crippen molar-refractivity contribution in [1.29, 1.82) is 0 Å². The highest BCUT2D eigenvalue weighted by Gasteiger charge is 2.29. The number of halogens is 2. The van der Waals surface area contributed by atoms with Gasteiger partial charge in [-0.25, -0.2) is 0 Å². The quantitative estimate of drug-likeness (QED) is 0.572. The molecule has 2 rings (SSSR count). The number of carbonyl (C=O) groups is 2. The second-order valence-corrected chi connectivity index (χ2v) is 5.47. The maximum atomic E-state index is 11.9. The molecule has 1 aliphatic rings. The van der Waals surface area contributed by atoms with Gasteiger partial charge in [-0.05, 0) is 25.0 Å². The van der Waals surface area contributed by atoms with E-state index in [-0.39, 0.29) is 33.3 Å². The van der Waals surface area contributed by atoms with Crippen LogP contribution in [0, 0.1) is 5.92 Å². The zero-order chi connectivity index (χ0) is 14.7. The molecule has 0 radical (unpaired) electrons. The van der Waals surface area contributed by atoms with Crippen LogP contribution in [0.1, 0.15) is 23.2 Å². The largest absolute Gasteiger partial charge is 0.399 e. The van der Waals surface area contributed by atoms with Crippen molar-refractivity contribution in [2.45, 2.75) is 12.8 Å². The number of amides is 2. The van der Waals surface area contributed by atoms with Crippen LogP contribution in [0.2, 0.25) is 10.0 Å². The fourth-order valence-electron chi connectivity index (χ4n) is 1.72. The van der Waals surface area contributed by atoms with E-state index in [1.54, 1.807) is 0 Å². The maximum Gasteiger partial charge on any atom is 0.252 e. The van der Waals surface area contributed by atoms with Crippen LogP contribution in [0.4, 0.5) is 5.69 Å². The van der Waals surface area contributed by atoms with Crippen LogP contribution in [0.25, 0.3) is 0 Å². The zero-order valence-electron chi connectivity index (χ0n) is 10.7. The first-order valence-corrected chi connectivity index (χ1v) is 7.05. The van der Waals surface area contributed by atoms with E-state index in [9.17, 15) is 9.59 Å². The first-order chi connectivity index (χ1) is 9.49. The summed E-state index contributed by atoms with van der Waals surface area (Å²) in [6.45, 7) is 0.703. The summed E-state index contributed by atoms with van der Waals surface area (Å²) >= 11 is 11.8. The summed E-state index contributed by atoms with van der Waals surface area (Å²) in [4.78, 5) is 23.3. The average Bonchev–Trinajstić information content (AvgIpc) is 3.22. The summed E-state index contributed by atoms with van der Waals surface area (Å²) in [7, 11) is 0. The van der Waals surface area contributed by atoms with E-state index in [1.165, 1.54) is 12.1 Å². The van der Waals surface area contributed by atoms with E-state index in [1.807, 2.05) is 0 Å². The monoisotopic (exact) mass is 315 g/mol. The number of hydrogen-bond acceptors (Lipinski definition) is 3. The van der Waals surface area contributed by atoms with Crippen molar-refractivity contribution < 1.29 is 9.59 Å². The third kappa shape index (κ3) is 3.77.